The second-order valence-electron chi connectivity index (χ2n) is 3.56. The average molecular weight is 125 g/mol. The van der Waals surface area contributed by atoms with Crippen LogP contribution in [0.15, 0.2) is 0 Å². The van der Waals surface area contributed by atoms with Crippen molar-refractivity contribution in [3.05, 3.63) is 0 Å². The summed E-state index contributed by atoms with van der Waals surface area (Å²) in [5, 5.41) is 3.28. The molecule has 51 valence electrons. The van der Waals surface area contributed by atoms with E-state index < -0.39 is 0 Å². The molecule has 0 spiro atoms. The Morgan fingerprint density at radius 1 is 1.33 bits per heavy atom. The standard InChI is InChI=1S/C6H14BN2/c1-6(2,3)8-7-9-4-5-9/h8H,4-5H2,1-3H3. The lowest BCUT2D eigenvalue weighted by atomic mass is 10.0. The van der Waals surface area contributed by atoms with Crippen molar-refractivity contribution in [2.45, 2.75) is 26.3 Å². The first-order chi connectivity index (χ1) is 4.08. The zero-order valence-corrected chi connectivity index (χ0v) is 6.44. The molecule has 2 nitrogen and oxygen atoms in total. The quantitative estimate of drug-likeness (QED) is 0.419. The SMILES string of the molecule is CC(C)(C)N[B]N1CC1. The minimum absolute atomic E-state index is 0.225. The second kappa shape index (κ2) is 2.31. The van der Waals surface area contributed by atoms with E-state index in [0.29, 0.717) is 0 Å². The van der Waals surface area contributed by atoms with E-state index in [1.807, 2.05) is 0 Å². The molecule has 0 aliphatic carbocycles. The molecule has 0 saturated carbocycles. The molecule has 1 aliphatic rings. The van der Waals surface area contributed by atoms with E-state index in [2.05, 4.69) is 38.4 Å². The van der Waals surface area contributed by atoms with Crippen LogP contribution in [-0.4, -0.2) is 31.0 Å². The van der Waals surface area contributed by atoms with E-state index >= 15 is 0 Å². The fourth-order valence-electron chi connectivity index (χ4n) is 0.472. The Hall–Kier alpha value is -0.0151. The average Bonchev–Trinajstić information content (AvgIpc) is 2.38. The van der Waals surface area contributed by atoms with E-state index in [4.69, 9.17) is 0 Å². The fourth-order valence-corrected chi connectivity index (χ4v) is 0.472. The Labute approximate surface area is 57.9 Å². The molecule has 1 heterocycles. The van der Waals surface area contributed by atoms with Gasteiger partial charge in [0.1, 0.15) is 0 Å². The number of nitrogens with one attached hydrogen (secondary N) is 1. The molecule has 1 saturated heterocycles. The maximum atomic E-state index is 3.28. The topological polar surface area (TPSA) is 15.0 Å². The van der Waals surface area contributed by atoms with Crippen LogP contribution in [-0.2, 0) is 0 Å². The van der Waals surface area contributed by atoms with Crippen LogP contribution in [0.3, 0.4) is 0 Å². The predicted molar refractivity (Wildman–Crippen MR) is 40.2 cm³/mol. The van der Waals surface area contributed by atoms with Gasteiger partial charge in [0, 0.05) is 5.54 Å². The molecule has 0 bridgehead atoms. The van der Waals surface area contributed by atoms with Gasteiger partial charge in [-0.1, -0.05) is 0 Å². The van der Waals surface area contributed by atoms with Crippen LogP contribution >= 0.6 is 0 Å². The molecule has 9 heavy (non-hydrogen) atoms. The molecule has 1 N–H and O–H groups in total. The van der Waals surface area contributed by atoms with Crippen LogP contribution < -0.4 is 5.23 Å². The van der Waals surface area contributed by atoms with Gasteiger partial charge < -0.3 is 10.0 Å². The Kier molecular flexibility index (Phi) is 1.82. The molecule has 0 aromatic rings. The highest BCUT2D eigenvalue weighted by Crippen LogP contribution is 2.02. The molecule has 1 aliphatic heterocycles. The van der Waals surface area contributed by atoms with Crippen molar-refractivity contribution in [1.82, 2.24) is 10.0 Å². The van der Waals surface area contributed by atoms with Crippen molar-refractivity contribution >= 4 is 7.55 Å². The van der Waals surface area contributed by atoms with Crippen LogP contribution in [0.5, 0.6) is 0 Å². The Morgan fingerprint density at radius 3 is 2.22 bits per heavy atom. The maximum absolute atomic E-state index is 3.28. The van der Waals surface area contributed by atoms with Crippen LogP contribution in [0, 0.1) is 0 Å². The summed E-state index contributed by atoms with van der Waals surface area (Å²) in [7, 11) is 2.07. The van der Waals surface area contributed by atoms with Gasteiger partial charge in [-0.15, -0.1) is 0 Å². The predicted octanol–water partition coefficient (Wildman–Crippen LogP) is 0.224. The summed E-state index contributed by atoms with van der Waals surface area (Å²) in [6.45, 7) is 8.93. The van der Waals surface area contributed by atoms with Gasteiger partial charge in [0.2, 0.25) is 0 Å². The molecule has 0 unspecified atom stereocenters. The summed E-state index contributed by atoms with van der Waals surface area (Å²) in [5.74, 6) is 0. The van der Waals surface area contributed by atoms with Crippen LogP contribution in [0.2, 0.25) is 0 Å². The van der Waals surface area contributed by atoms with Crippen molar-refractivity contribution in [1.29, 1.82) is 0 Å². The first kappa shape index (κ1) is 7.10. The third kappa shape index (κ3) is 3.54. The fraction of sp³-hybridized carbons (Fsp3) is 1.00. The molecular weight excluding hydrogens is 111 g/mol. The first-order valence-electron chi connectivity index (χ1n) is 3.43. The maximum Gasteiger partial charge on any atom is 0.310 e. The number of hydrogen-bond acceptors (Lipinski definition) is 2. The molecule has 0 atom stereocenters. The Morgan fingerprint density at radius 2 is 1.89 bits per heavy atom. The van der Waals surface area contributed by atoms with Crippen molar-refractivity contribution in [3.8, 4) is 0 Å². The molecule has 1 rings (SSSR count). The zero-order valence-electron chi connectivity index (χ0n) is 6.44. The third-order valence-corrected chi connectivity index (χ3v) is 1.16. The minimum Gasteiger partial charge on any atom is -0.341 e. The van der Waals surface area contributed by atoms with Crippen molar-refractivity contribution < 1.29 is 0 Å². The van der Waals surface area contributed by atoms with E-state index in [1.165, 1.54) is 13.1 Å². The van der Waals surface area contributed by atoms with Crippen molar-refractivity contribution in [2.75, 3.05) is 13.1 Å². The largest absolute Gasteiger partial charge is 0.341 e. The highest BCUT2D eigenvalue weighted by atomic mass is 15.2. The van der Waals surface area contributed by atoms with Gasteiger partial charge in [0.25, 0.3) is 0 Å². The summed E-state index contributed by atoms with van der Waals surface area (Å²) >= 11 is 0. The van der Waals surface area contributed by atoms with Gasteiger partial charge in [-0.25, -0.2) is 0 Å². The lowest BCUT2D eigenvalue weighted by Gasteiger charge is -2.19. The second-order valence-corrected chi connectivity index (χ2v) is 3.56. The number of rotatable bonds is 2. The summed E-state index contributed by atoms with van der Waals surface area (Å²) in [5.41, 5.74) is 0.225. The van der Waals surface area contributed by atoms with Gasteiger partial charge in [-0.2, -0.15) is 0 Å². The van der Waals surface area contributed by atoms with Gasteiger partial charge in [0.05, 0.1) is 0 Å². The highest BCUT2D eigenvalue weighted by molar-refractivity contribution is 6.29. The highest BCUT2D eigenvalue weighted by Gasteiger charge is 2.20. The number of hydrogen-bond donors (Lipinski definition) is 1. The lowest BCUT2D eigenvalue weighted by Crippen LogP contribution is -2.41. The van der Waals surface area contributed by atoms with E-state index in [0.717, 1.165) is 0 Å². The molecule has 0 aromatic carbocycles. The van der Waals surface area contributed by atoms with Crippen LogP contribution in [0.4, 0.5) is 0 Å². The first-order valence-corrected chi connectivity index (χ1v) is 3.43. The van der Waals surface area contributed by atoms with E-state index in [1.54, 1.807) is 0 Å². The number of nitrogens with zero attached hydrogens (tertiary/aromatic N) is 1. The summed E-state index contributed by atoms with van der Waals surface area (Å²) in [6, 6.07) is 0. The molecule has 1 fully saturated rings. The molecule has 1 radical (unpaired) electrons. The Bertz CT molecular complexity index is 93.7. The Balaban J connectivity index is 2.03. The smallest absolute Gasteiger partial charge is 0.310 e. The normalized spacial score (nSPS) is 19.9. The molecule has 0 aromatic heterocycles. The van der Waals surface area contributed by atoms with Crippen molar-refractivity contribution in [3.63, 3.8) is 0 Å². The molecular formula is C6H14BN2. The van der Waals surface area contributed by atoms with E-state index in [9.17, 15) is 0 Å². The molecule has 3 heteroatoms. The summed E-state index contributed by atoms with van der Waals surface area (Å²) < 4.78 is 0. The van der Waals surface area contributed by atoms with E-state index in [-0.39, 0.29) is 5.54 Å². The minimum atomic E-state index is 0.225. The van der Waals surface area contributed by atoms with Gasteiger partial charge >= 0.3 is 7.55 Å². The van der Waals surface area contributed by atoms with Crippen LogP contribution in [0.1, 0.15) is 20.8 Å². The summed E-state index contributed by atoms with van der Waals surface area (Å²) in [6.07, 6.45) is 0. The lowest BCUT2D eigenvalue weighted by molar-refractivity contribution is 0.513. The third-order valence-electron chi connectivity index (χ3n) is 1.16. The monoisotopic (exact) mass is 125 g/mol. The molecule has 0 amide bonds. The van der Waals surface area contributed by atoms with Gasteiger partial charge in [0.15, 0.2) is 0 Å². The van der Waals surface area contributed by atoms with Crippen molar-refractivity contribution in [2.24, 2.45) is 0 Å². The zero-order chi connectivity index (χ0) is 6.91. The van der Waals surface area contributed by atoms with Gasteiger partial charge in [-0.3, -0.25) is 0 Å². The van der Waals surface area contributed by atoms with Crippen LogP contribution in [0.25, 0.3) is 0 Å². The summed E-state index contributed by atoms with van der Waals surface area (Å²) in [4.78, 5) is 2.24. The van der Waals surface area contributed by atoms with Gasteiger partial charge in [-0.05, 0) is 33.9 Å².